The molecule has 1 saturated carbocycles. The van der Waals surface area contributed by atoms with Crippen LogP contribution in [0.2, 0.25) is 15.1 Å². The lowest BCUT2D eigenvalue weighted by Crippen LogP contribution is -2.40. The summed E-state index contributed by atoms with van der Waals surface area (Å²) in [5, 5.41) is 12.0. The van der Waals surface area contributed by atoms with Gasteiger partial charge in [0.25, 0.3) is 17.7 Å². The molecule has 14 rings (SSSR count). The van der Waals surface area contributed by atoms with Gasteiger partial charge in [-0.1, -0.05) is 74.1 Å². The van der Waals surface area contributed by atoms with E-state index in [1.807, 2.05) is 105 Å². The number of hydrogen-bond donors (Lipinski definition) is 2. The summed E-state index contributed by atoms with van der Waals surface area (Å²) < 4.78 is 51.8. The lowest BCUT2D eigenvalue weighted by atomic mass is 10.1. The van der Waals surface area contributed by atoms with Crippen LogP contribution in [0.1, 0.15) is 113 Å². The smallest absolute Gasteiger partial charge is 0.323 e. The normalized spacial score (nSPS) is 15.5. The number of benzene rings is 6. The number of aliphatic hydroxyl groups excluding tert-OH is 1. The highest BCUT2D eigenvalue weighted by Gasteiger charge is 2.37. The molecule has 3 aromatic heterocycles. The summed E-state index contributed by atoms with van der Waals surface area (Å²) >= 11 is 19.4. The first-order chi connectivity index (χ1) is 49.4. The Kier molecular flexibility index (Phi) is 23.5. The van der Waals surface area contributed by atoms with Crippen LogP contribution >= 0.6 is 46.1 Å². The Morgan fingerprint density at radius 2 is 1.03 bits per heavy atom. The van der Waals surface area contributed by atoms with Crippen molar-refractivity contribution in [1.29, 1.82) is 0 Å². The number of hydrogen-bond acceptors (Lipinski definition) is 17. The first-order valence-corrected chi connectivity index (χ1v) is 36.2. The molecular weight excluding hydrogens is 1380 g/mol. The van der Waals surface area contributed by atoms with E-state index in [2.05, 4.69) is 17.9 Å². The Bertz CT molecular complexity index is 4430. The molecule has 1 saturated heterocycles. The van der Waals surface area contributed by atoms with E-state index in [4.69, 9.17) is 82.5 Å². The van der Waals surface area contributed by atoms with Crippen molar-refractivity contribution < 1.29 is 66.3 Å². The zero-order chi connectivity index (χ0) is 71.7. The molecule has 2 fully saturated rings. The highest BCUT2D eigenvalue weighted by molar-refractivity contribution is 7.17. The molecule has 6 aromatic carbocycles. The van der Waals surface area contributed by atoms with Crippen molar-refractivity contribution in [3.63, 3.8) is 0 Å². The summed E-state index contributed by atoms with van der Waals surface area (Å²) in [7, 11) is 4.72. The molecule has 19 nitrogen and oxygen atoms in total. The maximum atomic E-state index is 13.3. The number of thiophene rings is 1. The summed E-state index contributed by atoms with van der Waals surface area (Å²) in [6.45, 7) is 11.4. The molecular formula is C79H82Cl3N5O14S. The van der Waals surface area contributed by atoms with Crippen molar-refractivity contribution in [2.75, 3.05) is 75.5 Å². The van der Waals surface area contributed by atoms with Crippen molar-refractivity contribution in [3.05, 3.63) is 194 Å². The SMILES string of the molecule is CCCC[C@H](COc1ccc(N2Cc3cc(-c4ccc(Cl)cc4)sc3C2=O)cc1OC)OC(=O)[C@@H](N)C(C)C.COc1cc(N2Cc3cc(-c4ccc(Cl)cc4)oc3C2=O)ccc1OCCN1CCCC1.COc1cc(N2Cc3cc(-c4ccc(Cl)cc4)oc3C2=O)ccc1OC[C@H](O)C1CC1. The lowest BCUT2D eigenvalue weighted by Gasteiger charge is -2.23. The molecule has 0 radical (unpaired) electrons. The predicted octanol–water partition coefficient (Wildman–Crippen LogP) is 16.9. The van der Waals surface area contributed by atoms with Crippen LogP contribution in [0, 0.1) is 11.8 Å². The number of likely N-dealkylation sites (tertiary alicyclic amines) is 1. The standard InChI is InChI=1S/C30H35ClN2O5S.C25H25ClN2O4.C24H22ClNO5/c1-5-6-7-23(38-30(35)27(32)18(2)3)17-37-24-13-12-22(15-25(24)36-4)33-16-20-14-26(39-28(20)29(33)34)19-8-10-21(31)11-9-19;1-30-23-15-20(8-9-21(23)31-13-12-27-10-2-3-11-27)28-16-18-14-22(32-24(18)25(28)29)17-4-6-19(26)7-5-17;1-29-22-11-18(8-9-20(22)30-13-19(27)14-2-3-14)26-12-16-10-21(31-23(16)24(26)28)15-4-6-17(25)7-5-15/h8-15,18,23,27H,5-7,16-17,32H2,1-4H3;4-9,14-15H,2-3,10-13,16H2,1H3;4-11,14,19,27H,2-3,12-13H2,1H3/t23-,27+;;19-/m1.0/s1. The molecule has 23 heteroatoms. The zero-order valence-corrected chi connectivity index (χ0v) is 60.8. The minimum absolute atomic E-state index is 0.0139. The number of furan rings is 2. The highest BCUT2D eigenvalue weighted by atomic mass is 35.5. The average molecular weight is 1460 g/mol. The number of carbonyl (C=O) groups excluding carboxylic acids is 4. The molecule has 7 heterocycles. The first kappa shape index (κ1) is 72.8. The molecule has 0 unspecified atom stereocenters. The van der Waals surface area contributed by atoms with E-state index in [0.717, 1.165) is 99.8 Å². The maximum absolute atomic E-state index is 13.3. The van der Waals surface area contributed by atoms with E-state index in [1.54, 1.807) is 84.6 Å². The quantitative estimate of drug-likeness (QED) is 0.0482. The molecule has 4 aliphatic heterocycles. The van der Waals surface area contributed by atoms with Gasteiger partial charge in [0.2, 0.25) is 0 Å². The van der Waals surface area contributed by atoms with E-state index < -0.39 is 24.2 Å². The van der Waals surface area contributed by atoms with Crippen molar-refractivity contribution in [2.45, 2.75) is 104 Å². The van der Waals surface area contributed by atoms with Gasteiger partial charge in [-0.25, -0.2) is 0 Å². The highest BCUT2D eigenvalue weighted by Crippen LogP contribution is 2.44. The summed E-state index contributed by atoms with van der Waals surface area (Å²) in [4.78, 5) is 61.0. The van der Waals surface area contributed by atoms with Crippen LogP contribution in [0.5, 0.6) is 34.5 Å². The molecule has 3 amide bonds. The van der Waals surface area contributed by atoms with E-state index in [-0.39, 0.29) is 36.9 Å². The summed E-state index contributed by atoms with van der Waals surface area (Å²) in [5.41, 5.74) is 13.6. The van der Waals surface area contributed by atoms with Gasteiger partial charge in [0.1, 0.15) is 43.5 Å². The number of anilines is 3. The van der Waals surface area contributed by atoms with E-state index in [9.17, 15) is 24.3 Å². The number of nitrogens with zero attached hydrogens (tertiary/aromatic N) is 4. The Morgan fingerprint density at radius 1 is 0.578 bits per heavy atom. The fourth-order valence-corrected chi connectivity index (χ4v) is 13.9. The number of esters is 1. The van der Waals surface area contributed by atoms with Crippen molar-refractivity contribution in [1.82, 2.24) is 4.90 Å². The van der Waals surface area contributed by atoms with Gasteiger partial charge < -0.3 is 67.5 Å². The number of unbranched alkanes of at least 4 members (excludes halogenated alkanes) is 1. The fourth-order valence-electron chi connectivity index (χ4n) is 12.4. The number of methoxy groups -OCH3 is 3. The Morgan fingerprint density at radius 3 is 1.47 bits per heavy atom. The van der Waals surface area contributed by atoms with Crippen LogP contribution in [0.3, 0.4) is 0 Å². The molecule has 534 valence electrons. The number of amides is 3. The summed E-state index contributed by atoms with van der Waals surface area (Å²) in [6, 6.07) is 43.9. The molecule has 5 aliphatic rings. The number of fused-ring (bicyclic) bond motifs is 3. The van der Waals surface area contributed by atoms with Crippen molar-refractivity contribution in [3.8, 4) is 67.6 Å². The van der Waals surface area contributed by atoms with Crippen LogP contribution in [0.25, 0.3) is 33.1 Å². The van der Waals surface area contributed by atoms with Crippen molar-refractivity contribution in [2.24, 2.45) is 17.6 Å². The van der Waals surface area contributed by atoms with Gasteiger partial charge in [-0.15, -0.1) is 11.3 Å². The van der Waals surface area contributed by atoms with Gasteiger partial charge in [-0.3, -0.25) is 24.1 Å². The van der Waals surface area contributed by atoms with Gasteiger partial charge in [0, 0.05) is 84.0 Å². The monoisotopic (exact) mass is 1460 g/mol. The van der Waals surface area contributed by atoms with Gasteiger partial charge in [-0.05, 0) is 190 Å². The van der Waals surface area contributed by atoms with Crippen molar-refractivity contribution >= 4 is 86.9 Å². The summed E-state index contributed by atoms with van der Waals surface area (Å²) in [5.74, 6) is 4.89. The molecule has 0 spiro atoms. The number of nitrogens with two attached hydrogens (primary N) is 1. The lowest BCUT2D eigenvalue weighted by molar-refractivity contribution is -0.153. The third-order valence-electron chi connectivity index (χ3n) is 18.5. The van der Waals surface area contributed by atoms with Crippen LogP contribution in [0.15, 0.2) is 154 Å². The Labute approximate surface area is 612 Å². The second kappa shape index (κ2) is 33.0. The number of halogens is 3. The largest absolute Gasteiger partial charge is 0.493 e. The van der Waals surface area contributed by atoms with Crippen LogP contribution in [-0.4, -0.2) is 113 Å². The van der Waals surface area contributed by atoms with E-state index in [1.165, 1.54) is 24.2 Å². The Hall–Kier alpha value is -8.99. The third-order valence-corrected chi connectivity index (χ3v) is 20.5. The second-order valence-corrected chi connectivity index (χ2v) is 28.4. The maximum Gasteiger partial charge on any atom is 0.323 e. The average Bonchev–Trinajstić information content (AvgIpc) is 1.63. The molecule has 9 aromatic rings. The number of carbonyl (C=O) groups is 4. The number of ether oxygens (including phenoxy) is 7. The third kappa shape index (κ3) is 17.0. The number of aliphatic hydroxyl groups is 1. The topological polar surface area (TPSA) is 218 Å². The van der Waals surface area contributed by atoms with Gasteiger partial charge in [-0.2, -0.15) is 0 Å². The zero-order valence-electron chi connectivity index (χ0n) is 57.7. The fraction of sp³-hybridized carbons (Fsp3) is 0.342. The predicted molar refractivity (Wildman–Crippen MR) is 397 cm³/mol. The summed E-state index contributed by atoms with van der Waals surface area (Å²) in [6.07, 6.45) is 6.29. The molecule has 1 aliphatic carbocycles. The molecule has 0 bridgehead atoms. The minimum atomic E-state index is -0.675. The van der Waals surface area contributed by atoms with E-state index >= 15 is 0 Å². The van der Waals surface area contributed by atoms with Gasteiger partial charge in [0.15, 0.2) is 46.0 Å². The van der Waals surface area contributed by atoms with Gasteiger partial charge in [0.05, 0.1) is 51.9 Å². The molecule has 3 atom stereocenters. The Balaban J connectivity index is 0.000000146. The second-order valence-electron chi connectivity index (χ2n) is 26.0. The molecule has 102 heavy (non-hydrogen) atoms. The van der Waals surface area contributed by atoms with Crippen LogP contribution < -0.4 is 48.9 Å². The molecule has 3 N–H and O–H groups in total. The van der Waals surface area contributed by atoms with Gasteiger partial charge >= 0.3 is 5.97 Å². The van der Waals surface area contributed by atoms with Crippen LogP contribution in [-0.2, 0) is 29.2 Å². The van der Waals surface area contributed by atoms with E-state index in [0.29, 0.717) is 117 Å². The first-order valence-electron chi connectivity index (χ1n) is 34.3. The van der Waals surface area contributed by atoms with Crippen LogP contribution in [0.4, 0.5) is 17.1 Å². The number of rotatable bonds is 26. The minimum Gasteiger partial charge on any atom is -0.493 e.